The SMILES string of the molecule is CC(C)(C)O[Si](C)(C)OCc1cncn1C(C)(C)c1ccc(C#N)cc1. The van der Waals surface area contributed by atoms with Crippen molar-refractivity contribution < 1.29 is 8.85 Å². The summed E-state index contributed by atoms with van der Waals surface area (Å²) in [7, 11) is -2.25. The monoisotopic (exact) mass is 371 g/mol. The number of nitriles is 1. The first-order chi connectivity index (χ1) is 11.9. The van der Waals surface area contributed by atoms with Crippen molar-refractivity contribution in [1.29, 1.82) is 5.26 Å². The zero-order chi connectivity index (χ0) is 19.6. The van der Waals surface area contributed by atoms with Crippen molar-refractivity contribution in [3.05, 3.63) is 53.6 Å². The van der Waals surface area contributed by atoms with Gasteiger partial charge in [0, 0.05) is 0 Å². The molecule has 1 aromatic heterocycles. The Morgan fingerprint density at radius 3 is 2.27 bits per heavy atom. The van der Waals surface area contributed by atoms with Crippen molar-refractivity contribution in [3.63, 3.8) is 0 Å². The van der Waals surface area contributed by atoms with Crippen LogP contribution in [0.4, 0.5) is 0 Å². The van der Waals surface area contributed by atoms with Crippen LogP contribution in [0.15, 0.2) is 36.8 Å². The molecule has 6 heteroatoms. The second-order valence-electron chi connectivity index (χ2n) is 8.41. The predicted molar refractivity (Wildman–Crippen MR) is 105 cm³/mol. The van der Waals surface area contributed by atoms with E-state index >= 15 is 0 Å². The molecule has 0 radical (unpaired) electrons. The van der Waals surface area contributed by atoms with Crippen LogP contribution >= 0.6 is 0 Å². The van der Waals surface area contributed by atoms with E-state index in [2.05, 4.69) is 42.6 Å². The maximum absolute atomic E-state index is 9.00. The third kappa shape index (κ3) is 5.04. The summed E-state index contributed by atoms with van der Waals surface area (Å²) in [5.41, 5.74) is 2.23. The van der Waals surface area contributed by atoms with E-state index in [1.807, 2.05) is 57.6 Å². The standard InChI is InChI=1S/C20H29N3O2Si/c1-19(2,3)25-26(6,7)24-14-18-13-22-15-23(18)20(4,5)17-10-8-16(12-21)9-11-17/h8-11,13,15H,14H2,1-7H3. The lowest BCUT2D eigenvalue weighted by atomic mass is 9.93. The van der Waals surface area contributed by atoms with E-state index in [9.17, 15) is 0 Å². The van der Waals surface area contributed by atoms with Gasteiger partial charge in [0.1, 0.15) is 0 Å². The van der Waals surface area contributed by atoms with Gasteiger partial charge in [0.15, 0.2) is 0 Å². The largest absolute Gasteiger partial charge is 0.390 e. The van der Waals surface area contributed by atoms with Crippen molar-refractivity contribution >= 4 is 8.56 Å². The Morgan fingerprint density at radius 2 is 1.73 bits per heavy atom. The lowest BCUT2D eigenvalue weighted by molar-refractivity contribution is 0.0647. The first-order valence-corrected chi connectivity index (χ1v) is 11.6. The van der Waals surface area contributed by atoms with Gasteiger partial charge in [-0.15, -0.1) is 0 Å². The highest BCUT2D eigenvalue weighted by Crippen LogP contribution is 2.28. The van der Waals surface area contributed by atoms with Gasteiger partial charge < -0.3 is 13.4 Å². The predicted octanol–water partition coefficient (Wildman–Crippen LogP) is 4.57. The first kappa shape index (κ1) is 20.4. The van der Waals surface area contributed by atoms with Crippen LogP contribution in [-0.2, 0) is 21.0 Å². The fourth-order valence-corrected chi connectivity index (χ4v) is 5.07. The molecule has 0 atom stereocenters. The Hall–Kier alpha value is -1.94. The van der Waals surface area contributed by atoms with Gasteiger partial charge in [-0.1, -0.05) is 12.1 Å². The molecule has 0 bridgehead atoms. The third-order valence-corrected chi connectivity index (χ3v) is 6.10. The molecule has 0 amide bonds. The second kappa shape index (κ2) is 7.35. The molecule has 0 fully saturated rings. The third-order valence-electron chi connectivity index (χ3n) is 4.16. The smallest absolute Gasteiger partial charge is 0.332 e. The van der Waals surface area contributed by atoms with Gasteiger partial charge in [-0.3, -0.25) is 0 Å². The molecule has 0 saturated heterocycles. The molecule has 0 spiro atoms. The van der Waals surface area contributed by atoms with Gasteiger partial charge in [0.2, 0.25) is 0 Å². The molecule has 0 aliphatic heterocycles. The average Bonchev–Trinajstić information content (AvgIpc) is 3.00. The molecule has 0 unspecified atom stereocenters. The fourth-order valence-electron chi connectivity index (χ4n) is 3.04. The summed E-state index contributed by atoms with van der Waals surface area (Å²) in [6.45, 7) is 15.0. The van der Waals surface area contributed by atoms with E-state index in [0.717, 1.165) is 11.3 Å². The van der Waals surface area contributed by atoms with Crippen molar-refractivity contribution in [3.8, 4) is 6.07 Å². The number of rotatable bonds is 6. The van der Waals surface area contributed by atoms with Crippen molar-refractivity contribution in [2.75, 3.05) is 0 Å². The Labute approximate surface area is 157 Å². The highest BCUT2D eigenvalue weighted by atomic mass is 28.4. The molecule has 0 N–H and O–H groups in total. The summed E-state index contributed by atoms with van der Waals surface area (Å²) >= 11 is 0. The van der Waals surface area contributed by atoms with Crippen LogP contribution in [0.1, 0.15) is 51.4 Å². The zero-order valence-electron chi connectivity index (χ0n) is 16.8. The van der Waals surface area contributed by atoms with Crippen molar-refractivity contribution in [2.45, 2.75) is 65.5 Å². The molecule has 1 aromatic carbocycles. The molecule has 0 aliphatic rings. The summed E-state index contributed by atoms with van der Waals surface area (Å²) in [6, 6.07) is 9.83. The minimum Gasteiger partial charge on any atom is -0.390 e. The van der Waals surface area contributed by atoms with Crippen LogP contribution in [0, 0.1) is 11.3 Å². The lowest BCUT2D eigenvalue weighted by Crippen LogP contribution is -2.42. The van der Waals surface area contributed by atoms with Crippen LogP contribution in [0.3, 0.4) is 0 Å². The van der Waals surface area contributed by atoms with E-state index in [1.165, 1.54) is 0 Å². The summed E-state index contributed by atoms with van der Waals surface area (Å²) in [4.78, 5) is 4.33. The molecule has 0 saturated carbocycles. The van der Waals surface area contributed by atoms with Crippen LogP contribution in [0.5, 0.6) is 0 Å². The summed E-state index contributed by atoms with van der Waals surface area (Å²) < 4.78 is 14.4. The van der Waals surface area contributed by atoms with Gasteiger partial charge in [0.05, 0.1) is 47.6 Å². The molecular formula is C20H29N3O2Si. The molecule has 140 valence electrons. The number of hydrogen-bond acceptors (Lipinski definition) is 4. The van der Waals surface area contributed by atoms with Gasteiger partial charge in [0.25, 0.3) is 0 Å². The maximum atomic E-state index is 9.00. The molecular weight excluding hydrogens is 342 g/mol. The highest BCUT2D eigenvalue weighted by Gasteiger charge is 2.32. The maximum Gasteiger partial charge on any atom is 0.332 e. The molecule has 2 aromatic rings. The van der Waals surface area contributed by atoms with Gasteiger partial charge in [-0.25, -0.2) is 4.98 Å². The van der Waals surface area contributed by atoms with Crippen LogP contribution < -0.4 is 0 Å². The number of benzene rings is 1. The quantitative estimate of drug-likeness (QED) is 0.698. The topological polar surface area (TPSA) is 60.1 Å². The second-order valence-corrected chi connectivity index (χ2v) is 11.7. The average molecular weight is 372 g/mol. The van der Waals surface area contributed by atoms with Gasteiger partial charge in [-0.2, -0.15) is 5.26 Å². The van der Waals surface area contributed by atoms with E-state index < -0.39 is 8.56 Å². The zero-order valence-corrected chi connectivity index (χ0v) is 17.8. The number of imidazole rings is 1. The number of nitrogens with zero attached hydrogens (tertiary/aromatic N) is 3. The van der Waals surface area contributed by atoms with Crippen LogP contribution in [-0.4, -0.2) is 23.7 Å². The minimum atomic E-state index is -2.25. The molecule has 0 aliphatic carbocycles. The summed E-state index contributed by atoms with van der Waals surface area (Å²) in [6.07, 6.45) is 3.67. The van der Waals surface area contributed by atoms with Crippen molar-refractivity contribution in [1.82, 2.24) is 9.55 Å². The van der Waals surface area contributed by atoms with Crippen LogP contribution in [0.2, 0.25) is 13.1 Å². The van der Waals surface area contributed by atoms with Gasteiger partial charge in [-0.05, 0) is 65.4 Å². The molecule has 26 heavy (non-hydrogen) atoms. The Bertz CT molecular complexity index is 781. The summed E-state index contributed by atoms with van der Waals surface area (Å²) in [5.74, 6) is 0. The van der Waals surface area contributed by atoms with Crippen molar-refractivity contribution in [2.24, 2.45) is 0 Å². The van der Waals surface area contributed by atoms with Gasteiger partial charge >= 0.3 is 8.56 Å². The molecule has 5 nitrogen and oxygen atoms in total. The number of aromatic nitrogens is 2. The lowest BCUT2D eigenvalue weighted by Gasteiger charge is -2.33. The first-order valence-electron chi connectivity index (χ1n) is 8.81. The number of hydrogen-bond donors (Lipinski definition) is 0. The van der Waals surface area contributed by atoms with E-state index in [4.69, 9.17) is 14.1 Å². The highest BCUT2D eigenvalue weighted by molar-refractivity contribution is 6.64. The molecule has 2 rings (SSSR count). The summed E-state index contributed by atoms with van der Waals surface area (Å²) in [5, 5.41) is 9.00. The minimum absolute atomic E-state index is 0.224. The Morgan fingerprint density at radius 1 is 1.12 bits per heavy atom. The van der Waals surface area contributed by atoms with E-state index in [-0.39, 0.29) is 11.1 Å². The normalized spacial score (nSPS) is 12.8. The Balaban J connectivity index is 2.20. The van der Waals surface area contributed by atoms with Crippen LogP contribution in [0.25, 0.3) is 0 Å². The molecule has 1 heterocycles. The van der Waals surface area contributed by atoms with E-state index in [0.29, 0.717) is 12.2 Å². The fraction of sp³-hybridized carbons (Fsp3) is 0.500. The van der Waals surface area contributed by atoms with E-state index in [1.54, 1.807) is 0 Å². The Kier molecular flexibility index (Phi) is 5.76.